The lowest BCUT2D eigenvalue weighted by Gasteiger charge is -2.34. The fraction of sp³-hybridized carbons (Fsp3) is 0.867. The van der Waals surface area contributed by atoms with E-state index in [1.807, 2.05) is 0 Å². The van der Waals surface area contributed by atoms with E-state index in [0.29, 0.717) is 32.5 Å². The molecule has 0 aromatic heterocycles. The summed E-state index contributed by atoms with van der Waals surface area (Å²) in [6, 6.07) is 0. The van der Waals surface area contributed by atoms with Crippen molar-refractivity contribution in [3.8, 4) is 0 Å². The van der Waals surface area contributed by atoms with E-state index in [2.05, 4.69) is 0 Å². The summed E-state index contributed by atoms with van der Waals surface area (Å²) < 4.78 is 30.3. The summed E-state index contributed by atoms with van der Waals surface area (Å²) >= 11 is 0. The smallest absolute Gasteiger partial charge is 0.305 e. The highest BCUT2D eigenvalue weighted by atomic mass is 32.2. The fourth-order valence-electron chi connectivity index (χ4n) is 3.26. The van der Waals surface area contributed by atoms with Crippen molar-refractivity contribution in [2.24, 2.45) is 5.92 Å². The second-order valence-corrected chi connectivity index (χ2v) is 8.51. The fourth-order valence-corrected chi connectivity index (χ4v) is 4.17. The van der Waals surface area contributed by atoms with E-state index in [1.165, 1.54) is 4.31 Å². The number of nitrogens with zero attached hydrogens (tertiary/aromatic N) is 2. The van der Waals surface area contributed by atoms with Crippen molar-refractivity contribution in [1.29, 1.82) is 0 Å². The third-order valence-corrected chi connectivity index (χ3v) is 5.83. The van der Waals surface area contributed by atoms with E-state index in [-0.39, 0.29) is 31.5 Å². The molecule has 2 aliphatic rings. The minimum Gasteiger partial charge on any atom is -0.481 e. The number of hydrogen-bond donors (Lipinski definition) is 1. The standard InChI is InChI=1S/C15H26N2O6S/c1-24(21,22)17-7-2-4-12(10-17)15(20)16(8-6-14(18)19)11-13-5-3-9-23-13/h12-13H,2-11H2,1H3,(H,18,19)/t12-,13+/m1/s1. The number of carboxylic acids is 1. The van der Waals surface area contributed by atoms with Crippen molar-refractivity contribution in [3.63, 3.8) is 0 Å². The number of ether oxygens (including phenoxy) is 1. The second-order valence-electron chi connectivity index (χ2n) is 6.52. The monoisotopic (exact) mass is 362 g/mol. The highest BCUT2D eigenvalue weighted by Gasteiger charge is 2.34. The van der Waals surface area contributed by atoms with E-state index < -0.39 is 21.9 Å². The maximum Gasteiger partial charge on any atom is 0.305 e. The first-order chi connectivity index (χ1) is 11.3. The molecule has 0 radical (unpaired) electrons. The van der Waals surface area contributed by atoms with Crippen LogP contribution in [0.15, 0.2) is 0 Å². The normalized spacial score (nSPS) is 25.5. The number of carbonyl (C=O) groups is 2. The highest BCUT2D eigenvalue weighted by molar-refractivity contribution is 7.88. The van der Waals surface area contributed by atoms with Crippen molar-refractivity contribution in [3.05, 3.63) is 0 Å². The summed E-state index contributed by atoms with van der Waals surface area (Å²) in [6.45, 7) is 1.78. The molecule has 1 amide bonds. The molecule has 9 heteroatoms. The SMILES string of the molecule is CS(=O)(=O)N1CCC[C@@H](C(=O)N(CCC(=O)O)C[C@@H]2CCCO2)C1. The molecule has 2 heterocycles. The van der Waals surface area contributed by atoms with E-state index in [4.69, 9.17) is 9.84 Å². The van der Waals surface area contributed by atoms with Crippen LogP contribution < -0.4 is 0 Å². The van der Waals surface area contributed by atoms with Gasteiger partial charge in [0.25, 0.3) is 0 Å². The Balaban J connectivity index is 2.02. The third-order valence-electron chi connectivity index (χ3n) is 4.56. The number of piperidine rings is 1. The summed E-state index contributed by atoms with van der Waals surface area (Å²) in [6.07, 6.45) is 4.02. The van der Waals surface area contributed by atoms with Gasteiger partial charge in [-0.1, -0.05) is 0 Å². The van der Waals surface area contributed by atoms with Gasteiger partial charge < -0.3 is 14.7 Å². The molecule has 0 aliphatic carbocycles. The maximum atomic E-state index is 12.8. The quantitative estimate of drug-likeness (QED) is 0.691. The molecule has 0 aromatic carbocycles. The van der Waals surface area contributed by atoms with Gasteiger partial charge in [-0.3, -0.25) is 9.59 Å². The zero-order valence-electron chi connectivity index (χ0n) is 14.0. The van der Waals surface area contributed by atoms with Crippen LogP contribution >= 0.6 is 0 Å². The molecule has 2 atom stereocenters. The molecule has 2 aliphatic heterocycles. The van der Waals surface area contributed by atoms with Crippen LogP contribution in [0.3, 0.4) is 0 Å². The van der Waals surface area contributed by atoms with E-state index in [9.17, 15) is 18.0 Å². The Bertz CT molecular complexity index is 558. The molecular weight excluding hydrogens is 336 g/mol. The van der Waals surface area contributed by atoms with Crippen molar-refractivity contribution < 1.29 is 27.9 Å². The molecule has 0 spiro atoms. The molecule has 24 heavy (non-hydrogen) atoms. The number of carboxylic acid groups (broad SMARTS) is 1. The molecule has 138 valence electrons. The zero-order valence-corrected chi connectivity index (χ0v) is 14.8. The zero-order chi connectivity index (χ0) is 17.7. The van der Waals surface area contributed by atoms with E-state index in [1.54, 1.807) is 4.90 Å². The van der Waals surface area contributed by atoms with Crippen molar-refractivity contribution in [1.82, 2.24) is 9.21 Å². The molecule has 2 fully saturated rings. The number of sulfonamides is 1. The van der Waals surface area contributed by atoms with E-state index in [0.717, 1.165) is 19.1 Å². The maximum absolute atomic E-state index is 12.8. The van der Waals surface area contributed by atoms with Gasteiger partial charge in [0.05, 0.1) is 24.7 Å². The Morgan fingerprint density at radius 3 is 2.62 bits per heavy atom. The van der Waals surface area contributed by atoms with Crippen LogP contribution in [0, 0.1) is 5.92 Å². The van der Waals surface area contributed by atoms with Gasteiger partial charge in [0, 0.05) is 32.8 Å². The lowest BCUT2D eigenvalue weighted by atomic mass is 9.97. The Hall–Kier alpha value is -1.19. The molecule has 1 N–H and O–H groups in total. The summed E-state index contributed by atoms with van der Waals surface area (Å²) in [5.41, 5.74) is 0. The van der Waals surface area contributed by atoms with Crippen LogP contribution in [-0.4, -0.2) is 79.8 Å². The van der Waals surface area contributed by atoms with Crippen LogP contribution in [0.25, 0.3) is 0 Å². The topological polar surface area (TPSA) is 104 Å². The second kappa shape index (κ2) is 8.26. The molecule has 2 saturated heterocycles. The minimum atomic E-state index is -3.32. The first kappa shape index (κ1) is 19.1. The van der Waals surface area contributed by atoms with Crippen LogP contribution in [0.1, 0.15) is 32.1 Å². The minimum absolute atomic E-state index is 0.0580. The van der Waals surface area contributed by atoms with Crippen LogP contribution in [0.4, 0.5) is 0 Å². The van der Waals surface area contributed by atoms with Gasteiger partial charge in [0.1, 0.15) is 0 Å². The third kappa shape index (κ3) is 5.42. The van der Waals surface area contributed by atoms with Gasteiger partial charge in [-0.2, -0.15) is 0 Å². The summed E-state index contributed by atoms with van der Waals surface area (Å²) in [5.74, 6) is -1.54. The van der Waals surface area contributed by atoms with Crippen molar-refractivity contribution >= 4 is 21.9 Å². The largest absolute Gasteiger partial charge is 0.481 e. The van der Waals surface area contributed by atoms with Gasteiger partial charge in [-0.25, -0.2) is 12.7 Å². The lowest BCUT2D eigenvalue weighted by molar-refractivity contribution is -0.141. The van der Waals surface area contributed by atoms with E-state index >= 15 is 0 Å². The average molecular weight is 362 g/mol. The Labute approximate surface area is 142 Å². The van der Waals surface area contributed by atoms with Crippen LogP contribution in [0.5, 0.6) is 0 Å². The molecule has 0 bridgehead atoms. The summed E-state index contributed by atoms with van der Waals surface area (Å²) in [4.78, 5) is 25.2. The first-order valence-corrected chi connectivity index (χ1v) is 10.2. The number of rotatable bonds is 7. The molecule has 8 nitrogen and oxygen atoms in total. The Morgan fingerprint density at radius 1 is 1.29 bits per heavy atom. The highest BCUT2D eigenvalue weighted by Crippen LogP contribution is 2.22. The van der Waals surface area contributed by atoms with Gasteiger partial charge in [-0.05, 0) is 25.7 Å². The average Bonchev–Trinajstić information content (AvgIpc) is 3.03. The predicted octanol–water partition coefficient (Wildman–Crippen LogP) is 0.140. The summed E-state index contributed by atoms with van der Waals surface area (Å²) in [7, 11) is -3.32. The van der Waals surface area contributed by atoms with Crippen LogP contribution in [0.2, 0.25) is 0 Å². The first-order valence-electron chi connectivity index (χ1n) is 8.34. The Kier molecular flexibility index (Phi) is 6.59. The van der Waals surface area contributed by atoms with Gasteiger partial charge in [0.2, 0.25) is 15.9 Å². The molecule has 0 saturated carbocycles. The number of hydrogen-bond acceptors (Lipinski definition) is 5. The van der Waals surface area contributed by atoms with Crippen molar-refractivity contribution in [2.45, 2.75) is 38.2 Å². The predicted molar refractivity (Wildman–Crippen MR) is 86.9 cm³/mol. The molecular formula is C15H26N2O6S. The molecule has 2 rings (SSSR count). The Morgan fingerprint density at radius 2 is 2.04 bits per heavy atom. The van der Waals surface area contributed by atoms with Crippen LogP contribution in [-0.2, 0) is 24.3 Å². The molecule has 0 unspecified atom stereocenters. The van der Waals surface area contributed by atoms with Gasteiger partial charge in [0.15, 0.2) is 0 Å². The molecule has 0 aromatic rings. The van der Waals surface area contributed by atoms with Crippen molar-refractivity contribution in [2.75, 3.05) is 39.0 Å². The number of amides is 1. The van der Waals surface area contributed by atoms with Gasteiger partial charge in [-0.15, -0.1) is 0 Å². The summed E-state index contributed by atoms with van der Waals surface area (Å²) in [5, 5.41) is 8.91. The number of carbonyl (C=O) groups excluding carboxylic acids is 1. The lowest BCUT2D eigenvalue weighted by Crippen LogP contribution is -2.48. The van der Waals surface area contributed by atoms with Gasteiger partial charge >= 0.3 is 5.97 Å². The number of aliphatic carboxylic acids is 1.